The van der Waals surface area contributed by atoms with Crippen molar-refractivity contribution in [1.29, 1.82) is 0 Å². The number of aliphatic hydroxyl groups excluding tert-OH is 1. The molecule has 0 radical (unpaired) electrons. The Morgan fingerprint density at radius 3 is 2.09 bits per heavy atom. The van der Waals surface area contributed by atoms with E-state index in [4.69, 9.17) is 9.84 Å². The van der Waals surface area contributed by atoms with Crippen molar-refractivity contribution < 1.29 is 29.3 Å². The maximum Gasteiger partial charge on any atom is 0.407 e. The summed E-state index contributed by atoms with van der Waals surface area (Å²) in [5, 5.41) is 23.0. The molecule has 2 aromatic rings. The molecule has 2 aromatic carbocycles. The summed E-state index contributed by atoms with van der Waals surface area (Å²) >= 11 is 0. The minimum Gasteiger partial charge on any atom is -0.479 e. The largest absolute Gasteiger partial charge is 0.479 e. The molecule has 0 saturated carbocycles. The number of carboxylic acid groups (broad SMARTS) is 1. The van der Waals surface area contributed by atoms with Crippen LogP contribution in [0, 0.1) is 5.92 Å². The van der Waals surface area contributed by atoms with E-state index in [1.54, 1.807) is 0 Å². The van der Waals surface area contributed by atoms with Gasteiger partial charge < -0.3 is 25.6 Å². The van der Waals surface area contributed by atoms with Crippen LogP contribution in [0.1, 0.15) is 37.3 Å². The first-order chi connectivity index (χ1) is 15.3. The van der Waals surface area contributed by atoms with Crippen molar-refractivity contribution in [1.82, 2.24) is 10.6 Å². The van der Waals surface area contributed by atoms with Crippen LogP contribution in [0.25, 0.3) is 11.1 Å². The lowest BCUT2D eigenvalue weighted by atomic mass is 9.98. The Bertz CT molecular complexity index is 944. The standard InChI is InChI=1S/C24H28N2O6/c1-14(2)11-20(22(28)25-12-21(27)23(29)30)26-24(31)32-13-19-17-9-5-3-7-15(17)16-8-4-6-10-18(16)19/h3-10,14,19-21,27H,11-13H2,1-2H3,(H,25,28)(H,26,31)(H,29,30)/t20-,21?/m1/s1. The highest BCUT2D eigenvalue weighted by atomic mass is 16.5. The first-order valence-electron chi connectivity index (χ1n) is 10.6. The van der Waals surface area contributed by atoms with Crippen molar-refractivity contribution in [2.75, 3.05) is 13.2 Å². The normalized spacial score (nSPS) is 14.2. The van der Waals surface area contributed by atoms with Gasteiger partial charge in [-0.05, 0) is 34.6 Å². The molecule has 0 saturated heterocycles. The van der Waals surface area contributed by atoms with E-state index in [-0.39, 0.29) is 18.4 Å². The van der Waals surface area contributed by atoms with Gasteiger partial charge in [-0.25, -0.2) is 9.59 Å². The zero-order chi connectivity index (χ0) is 23.3. The molecule has 8 nitrogen and oxygen atoms in total. The van der Waals surface area contributed by atoms with E-state index in [1.807, 2.05) is 62.4 Å². The van der Waals surface area contributed by atoms with E-state index in [1.165, 1.54) is 0 Å². The van der Waals surface area contributed by atoms with Gasteiger partial charge in [0, 0.05) is 5.92 Å². The van der Waals surface area contributed by atoms with Crippen LogP contribution in [-0.2, 0) is 14.3 Å². The number of aliphatic carboxylic acids is 1. The van der Waals surface area contributed by atoms with Crippen molar-refractivity contribution in [2.24, 2.45) is 5.92 Å². The van der Waals surface area contributed by atoms with Gasteiger partial charge in [0.05, 0.1) is 6.54 Å². The monoisotopic (exact) mass is 440 g/mol. The van der Waals surface area contributed by atoms with E-state index in [9.17, 15) is 19.5 Å². The topological polar surface area (TPSA) is 125 Å². The minimum atomic E-state index is -1.71. The first kappa shape index (κ1) is 23.3. The number of carbonyl (C=O) groups excluding carboxylic acids is 2. The Balaban J connectivity index is 1.63. The van der Waals surface area contributed by atoms with Crippen molar-refractivity contribution >= 4 is 18.0 Å². The molecule has 4 N–H and O–H groups in total. The Morgan fingerprint density at radius 2 is 1.56 bits per heavy atom. The summed E-state index contributed by atoms with van der Waals surface area (Å²) in [6.45, 7) is 3.46. The molecule has 1 aliphatic carbocycles. The first-order valence-corrected chi connectivity index (χ1v) is 10.6. The fourth-order valence-corrected chi connectivity index (χ4v) is 3.89. The van der Waals surface area contributed by atoms with Gasteiger partial charge in [0.25, 0.3) is 0 Å². The molecule has 2 atom stereocenters. The number of carboxylic acids is 1. The number of aliphatic hydroxyl groups is 1. The fraction of sp³-hybridized carbons (Fsp3) is 0.375. The summed E-state index contributed by atoms with van der Waals surface area (Å²) in [4.78, 5) is 35.7. The lowest BCUT2D eigenvalue weighted by Gasteiger charge is -2.21. The second kappa shape index (κ2) is 10.3. The number of amides is 2. The minimum absolute atomic E-state index is 0.0871. The quantitative estimate of drug-likeness (QED) is 0.475. The van der Waals surface area contributed by atoms with Crippen LogP contribution in [0.3, 0.4) is 0 Å². The summed E-state index contributed by atoms with van der Waals surface area (Å²) in [5.74, 6) is -2.03. The Kier molecular flexibility index (Phi) is 7.48. The molecule has 2 amide bonds. The van der Waals surface area contributed by atoms with Gasteiger partial charge in [-0.1, -0.05) is 62.4 Å². The van der Waals surface area contributed by atoms with Crippen molar-refractivity contribution in [3.63, 3.8) is 0 Å². The number of fused-ring (bicyclic) bond motifs is 3. The number of ether oxygens (including phenoxy) is 1. The number of hydrogen-bond donors (Lipinski definition) is 4. The number of nitrogens with one attached hydrogen (secondary N) is 2. The number of rotatable bonds is 9. The molecule has 0 heterocycles. The van der Waals surface area contributed by atoms with Crippen molar-refractivity contribution in [2.45, 2.75) is 38.3 Å². The third kappa shape index (κ3) is 5.45. The molecule has 32 heavy (non-hydrogen) atoms. The number of alkyl carbamates (subject to hydrolysis) is 1. The van der Waals surface area contributed by atoms with Crippen LogP contribution in [-0.4, -0.2) is 53.5 Å². The van der Waals surface area contributed by atoms with Crippen molar-refractivity contribution in [3.05, 3.63) is 59.7 Å². The van der Waals surface area contributed by atoms with Gasteiger partial charge >= 0.3 is 12.1 Å². The van der Waals surface area contributed by atoms with Crippen LogP contribution in [0.2, 0.25) is 0 Å². The molecule has 0 aliphatic heterocycles. The SMILES string of the molecule is CC(C)C[C@@H](NC(=O)OCC1c2ccccc2-c2ccccc21)C(=O)NCC(O)C(=O)O. The Hall–Kier alpha value is -3.39. The zero-order valence-corrected chi connectivity index (χ0v) is 18.1. The van der Waals surface area contributed by atoms with Crippen LogP contribution < -0.4 is 10.6 Å². The van der Waals surface area contributed by atoms with E-state index in [0.29, 0.717) is 6.42 Å². The van der Waals surface area contributed by atoms with E-state index in [0.717, 1.165) is 22.3 Å². The van der Waals surface area contributed by atoms with Gasteiger partial charge in [-0.3, -0.25) is 4.79 Å². The average molecular weight is 440 g/mol. The van der Waals surface area contributed by atoms with Gasteiger partial charge in [0.1, 0.15) is 12.6 Å². The predicted molar refractivity (Wildman–Crippen MR) is 118 cm³/mol. The fourth-order valence-electron chi connectivity index (χ4n) is 3.89. The van der Waals surface area contributed by atoms with E-state index in [2.05, 4.69) is 10.6 Å². The van der Waals surface area contributed by atoms with Crippen LogP contribution in [0.15, 0.2) is 48.5 Å². The number of benzene rings is 2. The highest BCUT2D eigenvalue weighted by Gasteiger charge is 2.30. The highest BCUT2D eigenvalue weighted by Crippen LogP contribution is 2.44. The predicted octanol–water partition coefficient (Wildman–Crippen LogP) is 2.50. The molecule has 0 bridgehead atoms. The molecule has 0 spiro atoms. The maximum absolute atomic E-state index is 12.5. The van der Waals surface area contributed by atoms with Gasteiger partial charge in [0.2, 0.25) is 5.91 Å². The second-order valence-corrected chi connectivity index (χ2v) is 8.25. The molecule has 1 aliphatic rings. The van der Waals surface area contributed by atoms with Gasteiger partial charge in [-0.15, -0.1) is 0 Å². The van der Waals surface area contributed by atoms with Crippen LogP contribution >= 0.6 is 0 Å². The summed E-state index contributed by atoms with van der Waals surface area (Å²) in [7, 11) is 0. The van der Waals surface area contributed by atoms with Crippen molar-refractivity contribution in [3.8, 4) is 11.1 Å². The molecular formula is C24H28N2O6. The zero-order valence-electron chi connectivity index (χ0n) is 18.1. The summed E-state index contributed by atoms with van der Waals surface area (Å²) in [5.41, 5.74) is 4.40. The van der Waals surface area contributed by atoms with E-state index >= 15 is 0 Å². The van der Waals surface area contributed by atoms with E-state index < -0.39 is 36.7 Å². The molecule has 3 rings (SSSR count). The third-order valence-corrected chi connectivity index (χ3v) is 5.41. The van der Waals surface area contributed by atoms with Crippen LogP contribution in [0.5, 0.6) is 0 Å². The summed E-state index contributed by atoms with van der Waals surface area (Å²) in [6, 6.07) is 15.1. The smallest absolute Gasteiger partial charge is 0.407 e. The Morgan fingerprint density at radius 1 is 1.00 bits per heavy atom. The molecule has 0 fully saturated rings. The molecule has 1 unspecified atom stereocenters. The lowest BCUT2D eigenvalue weighted by Crippen LogP contribution is -2.49. The van der Waals surface area contributed by atoms with Gasteiger partial charge in [-0.2, -0.15) is 0 Å². The second-order valence-electron chi connectivity index (χ2n) is 8.25. The van der Waals surface area contributed by atoms with Crippen LogP contribution in [0.4, 0.5) is 4.79 Å². The van der Waals surface area contributed by atoms with Gasteiger partial charge in [0.15, 0.2) is 6.10 Å². The lowest BCUT2D eigenvalue weighted by molar-refractivity contribution is -0.146. The summed E-state index contributed by atoms with van der Waals surface area (Å²) in [6.07, 6.45) is -2.11. The maximum atomic E-state index is 12.5. The average Bonchev–Trinajstić information content (AvgIpc) is 3.08. The molecule has 0 aromatic heterocycles. The molecule has 8 heteroatoms. The summed E-state index contributed by atoms with van der Waals surface area (Å²) < 4.78 is 5.49. The molecular weight excluding hydrogens is 412 g/mol. The molecule has 170 valence electrons. The highest BCUT2D eigenvalue weighted by molar-refractivity contribution is 5.86. The number of carbonyl (C=O) groups is 3. The Labute approximate surface area is 186 Å². The third-order valence-electron chi connectivity index (χ3n) is 5.41. The number of hydrogen-bond acceptors (Lipinski definition) is 5.